The fourth-order valence-corrected chi connectivity index (χ4v) is 2.40. The third-order valence-corrected chi connectivity index (χ3v) is 2.82. The summed E-state index contributed by atoms with van der Waals surface area (Å²) in [6.45, 7) is 12.9. The van der Waals surface area contributed by atoms with Gasteiger partial charge in [0, 0.05) is 0 Å². The summed E-state index contributed by atoms with van der Waals surface area (Å²) in [6.07, 6.45) is -1.42. The predicted octanol–water partition coefficient (Wildman–Crippen LogP) is 2.50. The number of ether oxygens (including phenoxy) is 2. The van der Waals surface area contributed by atoms with Crippen molar-refractivity contribution in [2.75, 3.05) is 0 Å². The molecule has 0 N–H and O–H groups in total. The molecule has 0 saturated carbocycles. The van der Waals surface area contributed by atoms with Crippen molar-refractivity contribution in [3.63, 3.8) is 0 Å². The van der Waals surface area contributed by atoms with Crippen LogP contribution in [-0.4, -0.2) is 38.6 Å². The molecule has 0 aromatic rings. The Morgan fingerprint density at radius 2 is 1.42 bits per heavy atom. The summed E-state index contributed by atoms with van der Waals surface area (Å²) in [5.74, 6) is -0.947. The summed E-state index contributed by atoms with van der Waals surface area (Å²) in [5.41, 5.74) is 0. The minimum absolute atomic E-state index is 0.103. The van der Waals surface area contributed by atoms with Gasteiger partial charge in [-0.25, -0.2) is 4.79 Å². The molecule has 0 spiro atoms. The minimum Gasteiger partial charge on any atom is -0.463 e. The molecule has 0 rings (SSSR count). The number of hydrogen-bond acceptors (Lipinski definition) is 5. The van der Waals surface area contributed by atoms with E-state index in [1.54, 1.807) is 27.7 Å². The Balaban J connectivity index is 4.67. The van der Waals surface area contributed by atoms with E-state index in [1.807, 2.05) is 19.6 Å². The monoisotopic (exact) mass is 290 g/mol. The van der Waals surface area contributed by atoms with Crippen LogP contribution in [0.4, 0.5) is 0 Å². The molecule has 0 bridgehead atoms. The quantitative estimate of drug-likeness (QED) is 0.532. The van der Waals surface area contributed by atoms with Crippen molar-refractivity contribution in [2.24, 2.45) is 0 Å². The van der Waals surface area contributed by atoms with Gasteiger partial charge in [0.05, 0.1) is 18.6 Å². The highest BCUT2D eigenvalue weighted by atomic mass is 28.4. The summed E-state index contributed by atoms with van der Waals surface area (Å²) >= 11 is 0. The van der Waals surface area contributed by atoms with Crippen LogP contribution in [0.1, 0.15) is 34.1 Å². The molecule has 19 heavy (non-hydrogen) atoms. The van der Waals surface area contributed by atoms with E-state index < -0.39 is 26.4 Å². The lowest BCUT2D eigenvalue weighted by atomic mass is 10.2. The molecule has 0 aromatic carbocycles. The maximum Gasteiger partial charge on any atom is 0.334 e. The lowest BCUT2D eigenvalue weighted by Gasteiger charge is -2.25. The molecule has 0 heterocycles. The van der Waals surface area contributed by atoms with Gasteiger partial charge >= 0.3 is 11.9 Å². The summed E-state index contributed by atoms with van der Waals surface area (Å²) in [4.78, 5) is 23.6. The van der Waals surface area contributed by atoms with Gasteiger partial charge in [-0.3, -0.25) is 4.79 Å². The maximum atomic E-state index is 11.9. The Bertz CT molecular complexity index is 307. The average Bonchev–Trinajstić information content (AvgIpc) is 2.11. The van der Waals surface area contributed by atoms with E-state index in [2.05, 4.69) is 0 Å². The van der Waals surface area contributed by atoms with Crippen molar-refractivity contribution in [2.45, 2.75) is 72.1 Å². The average molecular weight is 290 g/mol. The van der Waals surface area contributed by atoms with Crippen molar-refractivity contribution >= 4 is 20.3 Å². The van der Waals surface area contributed by atoms with Crippen LogP contribution in [0.25, 0.3) is 0 Å². The molecule has 1 unspecified atom stereocenters. The highest BCUT2D eigenvalue weighted by molar-refractivity contribution is 6.69. The molecule has 0 saturated heterocycles. The minimum atomic E-state index is -1.95. The van der Waals surface area contributed by atoms with E-state index >= 15 is 0 Å². The lowest BCUT2D eigenvalue weighted by Crippen LogP contribution is -2.40. The van der Waals surface area contributed by atoms with Gasteiger partial charge in [-0.1, -0.05) is 0 Å². The highest BCUT2D eigenvalue weighted by Crippen LogP contribution is 2.14. The molecule has 0 aliphatic heterocycles. The van der Waals surface area contributed by atoms with Gasteiger partial charge in [0.1, 0.15) is 0 Å². The number of carbonyl (C=O) groups excluding carboxylic acids is 2. The van der Waals surface area contributed by atoms with E-state index in [1.165, 1.54) is 0 Å². The second kappa shape index (κ2) is 7.64. The zero-order valence-electron chi connectivity index (χ0n) is 13.0. The van der Waals surface area contributed by atoms with Crippen LogP contribution in [-0.2, 0) is 23.5 Å². The molecular formula is C13H26O5Si. The number of rotatable bonds is 7. The summed E-state index contributed by atoms with van der Waals surface area (Å²) in [5, 5.41) is 0. The number of carbonyl (C=O) groups is 2. The Hall–Kier alpha value is -0.883. The van der Waals surface area contributed by atoms with Gasteiger partial charge in [-0.2, -0.15) is 0 Å². The first-order valence-electron chi connectivity index (χ1n) is 6.59. The van der Waals surface area contributed by atoms with Crippen LogP contribution in [0.2, 0.25) is 19.6 Å². The predicted molar refractivity (Wildman–Crippen MR) is 75.3 cm³/mol. The summed E-state index contributed by atoms with van der Waals surface area (Å²) in [6, 6.07) is 0. The number of hydrogen-bond donors (Lipinski definition) is 0. The number of esters is 2. The second-order valence-electron chi connectivity index (χ2n) is 5.95. The third-order valence-electron chi connectivity index (χ3n) is 1.83. The normalized spacial score (nSPS) is 13.5. The first-order chi connectivity index (χ1) is 8.51. The van der Waals surface area contributed by atoms with Gasteiger partial charge in [-0.15, -0.1) is 0 Å². The Labute approximate surface area is 116 Å². The fraction of sp³-hybridized carbons (Fsp3) is 0.846. The molecule has 0 amide bonds. The summed E-state index contributed by atoms with van der Waals surface area (Å²) in [7, 11) is -1.95. The molecule has 0 aromatic heterocycles. The molecule has 1 atom stereocenters. The smallest absolute Gasteiger partial charge is 0.334 e. The molecule has 5 nitrogen and oxygen atoms in total. The molecule has 112 valence electrons. The van der Waals surface area contributed by atoms with Crippen molar-refractivity contribution in [1.29, 1.82) is 0 Å². The zero-order valence-corrected chi connectivity index (χ0v) is 14.0. The van der Waals surface area contributed by atoms with E-state index in [0.717, 1.165) is 0 Å². The van der Waals surface area contributed by atoms with Crippen molar-refractivity contribution < 1.29 is 23.5 Å². The van der Waals surface area contributed by atoms with Crippen molar-refractivity contribution in [3.8, 4) is 0 Å². The van der Waals surface area contributed by atoms with Crippen molar-refractivity contribution in [3.05, 3.63) is 0 Å². The van der Waals surface area contributed by atoms with E-state index in [0.29, 0.717) is 0 Å². The summed E-state index contributed by atoms with van der Waals surface area (Å²) < 4.78 is 15.9. The first-order valence-corrected chi connectivity index (χ1v) is 10.00. The standard InChI is InChI=1S/C13H26O5Si/c1-9(2)16-12(14)8-11(18-19(5,6)7)13(15)17-10(3)4/h9-11H,8H2,1-7H3. The molecule has 0 radical (unpaired) electrons. The molecule has 0 aliphatic rings. The van der Waals surface area contributed by atoms with E-state index in [4.69, 9.17) is 13.9 Å². The SMILES string of the molecule is CC(C)OC(=O)CC(O[Si](C)(C)C)C(=O)OC(C)C. The van der Waals surface area contributed by atoms with E-state index in [9.17, 15) is 9.59 Å². The highest BCUT2D eigenvalue weighted by Gasteiger charge is 2.31. The van der Waals surface area contributed by atoms with E-state index in [-0.39, 0.29) is 18.6 Å². The van der Waals surface area contributed by atoms with Crippen LogP contribution in [0.5, 0.6) is 0 Å². The van der Waals surface area contributed by atoms with Gasteiger partial charge in [0.2, 0.25) is 0 Å². The Morgan fingerprint density at radius 3 is 1.79 bits per heavy atom. The first kappa shape index (κ1) is 18.1. The Morgan fingerprint density at radius 1 is 0.947 bits per heavy atom. The van der Waals surface area contributed by atoms with Crippen LogP contribution in [0.3, 0.4) is 0 Å². The van der Waals surface area contributed by atoms with Crippen LogP contribution in [0.15, 0.2) is 0 Å². The lowest BCUT2D eigenvalue weighted by molar-refractivity contribution is -0.163. The van der Waals surface area contributed by atoms with Gasteiger partial charge in [-0.05, 0) is 47.3 Å². The maximum absolute atomic E-state index is 11.9. The van der Waals surface area contributed by atoms with Gasteiger partial charge in [0.25, 0.3) is 0 Å². The third kappa shape index (κ3) is 9.67. The van der Waals surface area contributed by atoms with Crippen LogP contribution in [0, 0.1) is 0 Å². The molecule has 6 heteroatoms. The topological polar surface area (TPSA) is 61.8 Å². The Kier molecular flexibility index (Phi) is 7.29. The zero-order chi connectivity index (χ0) is 15.2. The fourth-order valence-electron chi connectivity index (χ4n) is 1.37. The molecular weight excluding hydrogens is 264 g/mol. The molecule has 0 fully saturated rings. The van der Waals surface area contributed by atoms with Crippen molar-refractivity contribution in [1.82, 2.24) is 0 Å². The van der Waals surface area contributed by atoms with Crippen LogP contribution < -0.4 is 0 Å². The van der Waals surface area contributed by atoms with Gasteiger partial charge in [0.15, 0.2) is 14.4 Å². The largest absolute Gasteiger partial charge is 0.463 e. The molecule has 0 aliphatic carbocycles. The van der Waals surface area contributed by atoms with Gasteiger partial charge < -0.3 is 13.9 Å². The second-order valence-corrected chi connectivity index (χ2v) is 10.4. The van der Waals surface area contributed by atoms with Crippen LogP contribution >= 0.6 is 0 Å².